The number of carbonyl (C=O) groups is 2. The van der Waals surface area contributed by atoms with Crippen molar-refractivity contribution < 1.29 is 14.7 Å². The zero-order valence-corrected chi connectivity index (χ0v) is 13.2. The fourth-order valence-electron chi connectivity index (χ4n) is 3.70. The summed E-state index contributed by atoms with van der Waals surface area (Å²) >= 11 is 0. The highest BCUT2D eigenvalue weighted by molar-refractivity contribution is 5.76. The molecule has 1 aliphatic heterocycles. The third kappa shape index (κ3) is 4.35. The molecule has 21 heavy (non-hydrogen) atoms. The van der Waals surface area contributed by atoms with E-state index in [4.69, 9.17) is 5.11 Å². The first kappa shape index (κ1) is 16.1. The molecule has 2 fully saturated rings. The molecule has 0 aromatic carbocycles. The molecule has 2 aliphatic rings. The zero-order chi connectivity index (χ0) is 15.4. The summed E-state index contributed by atoms with van der Waals surface area (Å²) in [5.74, 6) is 0.100. The van der Waals surface area contributed by atoms with E-state index in [1.807, 2.05) is 0 Å². The molecule has 0 aromatic rings. The molecular formula is C16H28N2O3. The van der Waals surface area contributed by atoms with Crippen molar-refractivity contribution in [1.82, 2.24) is 10.2 Å². The molecule has 120 valence electrons. The summed E-state index contributed by atoms with van der Waals surface area (Å²) in [6.45, 7) is 5.38. The highest BCUT2D eigenvalue weighted by atomic mass is 16.4. The molecule has 2 N–H and O–H groups in total. The van der Waals surface area contributed by atoms with Crippen LogP contribution >= 0.6 is 0 Å². The molecule has 2 amide bonds. The van der Waals surface area contributed by atoms with Crippen molar-refractivity contribution in [3.05, 3.63) is 0 Å². The van der Waals surface area contributed by atoms with Crippen molar-refractivity contribution in [1.29, 1.82) is 0 Å². The van der Waals surface area contributed by atoms with E-state index in [2.05, 4.69) is 19.2 Å². The minimum absolute atomic E-state index is 0.0910. The predicted molar refractivity (Wildman–Crippen MR) is 81.0 cm³/mol. The van der Waals surface area contributed by atoms with Gasteiger partial charge in [-0.05, 0) is 44.4 Å². The minimum Gasteiger partial charge on any atom is -0.481 e. The number of nitrogens with one attached hydrogen (secondary N) is 1. The van der Waals surface area contributed by atoms with E-state index in [-0.39, 0.29) is 12.1 Å². The van der Waals surface area contributed by atoms with Gasteiger partial charge >= 0.3 is 12.0 Å². The number of carbonyl (C=O) groups excluding carboxylic acids is 1. The fourth-order valence-corrected chi connectivity index (χ4v) is 3.70. The largest absolute Gasteiger partial charge is 0.481 e. The lowest BCUT2D eigenvalue weighted by atomic mass is 9.79. The molecule has 4 atom stereocenters. The summed E-state index contributed by atoms with van der Waals surface area (Å²) in [6.07, 6.45) is 6.36. The quantitative estimate of drug-likeness (QED) is 0.841. The molecular weight excluding hydrogens is 268 g/mol. The fraction of sp³-hybridized carbons (Fsp3) is 0.875. The number of rotatable bonds is 3. The van der Waals surface area contributed by atoms with Gasteiger partial charge in [-0.3, -0.25) is 4.79 Å². The lowest BCUT2D eigenvalue weighted by Gasteiger charge is -2.35. The summed E-state index contributed by atoms with van der Waals surface area (Å²) in [4.78, 5) is 25.1. The molecule has 1 saturated carbocycles. The maximum absolute atomic E-state index is 12.3. The summed E-state index contributed by atoms with van der Waals surface area (Å²) < 4.78 is 0. The Morgan fingerprint density at radius 1 is 1.24 bits per heavy atom. The van der Waals surface area contributed by atoms with Crippen molar-refractivity contribution in [2.75, 3.05) is 13.1 Å². The van der Waals surface area contributed by atoms with E-state index >= 15 is 0 Å². The van der Waals surface area contributed by atoms with Gasteiger partial charge in [-0.25, -0.2) is 4.79 Å². The minimum atomic E-state index is -0.790. The SMILES string of the molecule is CC1CCCC([C@H](C)NC(=O)N2CCCC(C(=O)O)C2)C1. The van der Waals surface area contributed by atoms with Crippen LogP contribution < -0.4 is 5.32 Å². The van der Waals surface area contributed by atoms with Crippen LogP contribution in [0.4, 0.5) is 4.79 Å². The van der Waals surface area contributed by atoms with Gasteiger partial charge in [0.1, 0.15) is 0 Å². The lowest BCUT2D eigenvalue weighted by Crippen LogP contribution is -2.51. The van der Waals surface area contributed by atoms with Gasteiger partial charge in [0.2, 0.25) is 0 Å². The van der Waals surface area contributed by atoms with Crippen LogP contribution in [0.25, 0.3) is 0 Å². The van der Waals surface area contributed by atoms with Crippen LogP contribution in [0, 0.1) is 17.8 Å². The second-order valence-corrected chi connectivity index (χ2v) is 6.89. The summed E-state index contributed by atoms with van der Waals surface area (Å²) in [5, 5.41) is 12.2. The van der Waals surface area contributed by atoms with Crippen LogP contribution in [0.3, 0.4) is 0 Å². The van der Waals surface area contributed by atoms with Gasteiger partial charge in [-0.1, -0.05) is 19.8 Å². The second kappa shape index (κ2) is 7.14. The first-order chi connectivity index (χ1) is 9.97. The van der Waals surface area contributed by atoms with Crippen LogP contribution in [0.15, 0.2) is 0 Å². The van der Waals surface area contributed by atoms with Crippen molar-refractivity contribution in [2.24, 2.45) is 17.8 Å². The van der Waals surface area contributed by atoms with Crippen LogP contribution in [-0.2, 0) is 4.79 Å². The number of piperidine rings is 1. The van der Waals surface area contributed by atoms with E-state index in [1.54, 1.807) is 4.90 Å². The van der Waals surface area contributed by atoms with Crippen molar-refractivity contribution in [3.63, 3.8) is 0 Å². The Balaban J connectivity index is 1.84. The molecule has 1 heterocycles. The van der Waals surface area contributed by atoms with Gasteiger partial charge in [0.15, 0.2) is 0 Å². The molecule has 1 aliphatic carbocycles. The monoisotopic (exact) mass is 296 g/mol. The molecule has 1 saturated heterocycles. The number of carboxylic acid groups (broad SMARTS) is 1. The molecule has 5 heteroatoms. The molecule has 0 radical (unpaired) electrons. The van der Waals surface area contributed by atoms with Crippen molar-refractivity contribution >= 4 is 12.0 Å². The van der Waals surface area contributed by atoms with Crippen LogP contribution in [0.5, 0.6) is 0 Å². The smallest absolute Gasteiger partial charge is 0.317 e. The maximum Gasteiger partial charge on any atom is 0.317 e. The Morgan fingerprint density at radius 2 is 2.00 bits per heavy atom. The summed E-state index contributed by atoms with van der Waals surface area (Å²) in [5.41, 5.74) is 0. The molecule has 0 spiro atoms. The molecule has 0 aromatic heterocycles. The number of urea groups is 1. The van der Waals surface area contributed by atoms with E-state index < -0.39 is 11.9 Å². The first-order valence-electron chi connectivity index (χ1n) is 8.25. The highest BCUT2D eigenvalue weighted by Crippen LogP contribution is 2.30. The Bertz CT molecular complexity index is 386. The number of hydrogen-bond donors (Lipinski definition) is 2. The van der Waals surface area contributed by atoms with Crippen LogP contribution in [0.2, 0.25) is 0 Å². The van der Waals surface area contributed by atoms with Gasteiger partial charge in [-0.2, -0.15) is 0 Å². The molecule has 3 unspecified atom stereocenters. The van der Waals surface area contributed by atoms with Gasteiger partial charge in [0.25, 0.3) is 0 Å². The predicted octanol–water partition coefficient (Wildman–Crippen LogP) is 2.71. The second-order valence-electron chi connectivity index (χ2n) is 6.89. The average Bonchev–Trinajstić information content (AvgIpc) is 2.47. The number of amides is 2. The van der Waals surface area contributed by atoms with E-state index in [0.717, 1.165) is 12.3 Å². The number of nitrogens with zero attached hydrogens (tertiary/aromatic N) is 1. The number of likely N-dealkylation sites (tertiary alicyclic amines) is 1. The first-order valence-corrected chi connectivity index (χ1v) is 8.25. The number of aliphatic carboxylic acids is 1. The number of hydrogen-bond acceptors (Lipinski definition) is 2. The van der Waals surface area contributed by atoms with Gasteiger partial charge in [0, 0.05) is 19.1 Å². The summed E-state index contributed by atoms with van der Waals surface area (Å²) in [7, 11) is 0. The van der Waals surface area contributed by atoms with Crippen LogP contribution in [0.1, 0.15) is 52.4 Å². The van der Waals surface area contributed by atoms with E-state index in [0.29, 0.717) is 25.4 Å². The Hall–Kier alpha value is -1.26. The Labute approximate surface area is 127 Å². The third-order valence-corrected chi connectivity index (χ3v) is 5.09. The molecule has 2 rings (SSSR count). The third-order valence-electron chi connectivity index (χ3n) is 5.09. The normalized spacial score (nSPS) is 31.5. The topological polar surface area (TPSA) is 69.6 Å². The van der Waals surface area contributed by atoms with Gasteiger partial charge in [-0.15, -0.1) is 0 Å². The molecule has 5 nitrogen and oxygen atoms in total. The average molecular weight is 296 g/mol. The zero-order valence-electron chi connectivity index (χ0n) is 13.2. The molecule has 0 bridgehead atoms. The lowest BCUT2D eigenvalue weighted by molar-refractivity contribution is -0.143. The Morgan fingerprint density at radius 3 is 2.67 bits per heavy atom. The summed E-state index contributed by atoms with van der Waals surface area (Å²) in [6, 6.07) is 0.0807. The van der Waals surface area contributed by atoms with Gasteiger partial charge in [0.05, 0.1) is 5.92 Å². The highest BCUT2D eigenvalue weighted by Gasteiger charge is 2.30. The van der Waals surface area contributed by atoms with Crippen molar-refractivity contribution in [2.45, 2.75) is 58.4 Å². The van der Waals surface area contributed by atoms with Crippen molar-refractivity contribution in [3.8, 4) is 0 Å². The number of carboxylic acids is 1. The standard InChI is InChI=1S/C16H28N2O3/c1-11-5-3-6-13(9-11)12(2)17-16(21)18-8-4-7-14(10-18)15(19)20/h11-14H,3-10H2,1-2H3,(H,17,21)(H,19,20)/t11?,12-,13?,14?/m0/s1. The van der Waals surface area contributed by atoms with E-state index in [1.165, 1.54) is 25.7 Å². The Kier molecular flexibility index (Phi) is 5.48. The van der Waals surface area contributed by atoms with Crippen LogP contribution in [-0.4, -0.2) is 41.1 Å². The maximum atomic E-state index is 12.3. The van der Waals surface area contributed by atoms with Gasteiger partial charge < -0.3 is 15.3 Å². The van der Waals surface area contributed by atoms with E-state index in [9.17, 15) is 9.59 Å².